The first-order valence-electron chi connectivity index (χ1n) is 8.13. The molecule has 0 fully saturated rings. The minimum Gasteiger partial charge on any atom is -0.391 e. The average molecular weight is 315 g/mol. The van der Waals surface area contributed by atoms with Gasteiger partial charge in [-0.05, 0) is 43.7 Å². The molecule has 0 saturated heterocycles. The number of aromatic nitrogens is 1. The zero-order valence-electron chi connectivity index (χ0n) is 14.0. The second-order valence-electron chi connectivity index (χ2n) is 5.77. The molecule has 2 aromatic rings. The van der Waals surface area contributed by atoms with Crippen LogP contribution in [0.4, 0.5) is 0 Å². The lowest BCUT2D eigenvalue weighted by Crippen LogP contribution is -2.09. The maximum Gasteiger partial charge on any atom is 0.0780 e. The molecule has 1 aromatic heterocycles. The van der Waals surface area contributed by atoms with Crippen molar-refractivity contribution in [2.75, 3.05) is 6.54 Å². The van der Waals surface area contributed by atoms with Gasteiger partial charge in [-0.25, -0.2) is 0 Å². The fourth-order valence-corrected chi connectivity index (χ4v) is 2.72. The molecule has 0 unspecified atom stereocenters. The maximum absolute atomic E-state index is 8.07. The Labute approximate surface area is 143 Å². The Morgan fingerprint density at radius 2 is 2.04 bits per heavy atom. The van der Waals surface area contributed by atoms with Crippen LogP contribution in [0.25, 0.3) is 16.8 Å². The Kier molecular flexibility index (Phi) is 4.71. The normalized spacial score (nSPS) is 15.5. The third-order valence-electron chi connectivity index (χ3n) is 3.92. The number of hydrogen-bond donors (Lipinski definition) is 2. The molecule has 1 heterocycles. The van der Waals surface area contributed by atoms with E-state index in [0.29, 0.717) is 5.71 Å². The minimum absolute atomic E-state index is 0.515. The first kappa shape index (κ1) is 15.9. The molecule has 3 rings (SSSR count). The number of nitrogens with zero attached hydrogens (tertiary/aromatic N) is 1. The van der Waals surface area contributed by atoms with Gasteiger partial charge in [0.2, 0.25) is 0 Å². The molecule has 24 heavy (non-hydrogen) atoms. The van der Waals surface area contributed by atoms with Crippen molar-refractivity contribution in [3.05, 3.63) is 83.7 Å². The van der Waals surface area contributed by atoms with Gasteiger partial charge in [0, 0.05) is 35.6 Å². The highest BCUT2D eigenvalue weighted by molar-refractivity contribution is 6.13. The highest BCUT2D eigenvalue weighted by Gasteiger charge is 2.13. The van der Waals surface area contributed by atoms with Gasteiger partial charge in [0.15, 0.2) is 0 Å². The van der Waals surface area contributed by atoms with Crippen molar-refractivity contribution in [2.45, 2.75) is 13.8 Å². The van der Waals surface area contributed by atoms with Crippen molar-refractivity contribution in [3.8, 4) is 11.3 Å². The third-order valence-corrected chi connectivity index (χ3v) is 3.92. The predicted octanol–water partition coefficient (Wildman–Crippen LogP) is 4.52. The summed E-state index contributed by atoms with van der Waals surface area (Å²) in [5, 5.41) is 11.2. The molecule has 1 aromatic carbocycles. The summed E-state index contributed by atoms with van der Waals surface area (Å²) < 4.78 is 0. The lowest BCUT2D eigenvalue weighted by atomic mass is 9.92. The minimum atomic E-state index is 0.515. The maximum atomic E-state index is 8.07. The molecule has 0 saturated carbocycles. The monoisotopic (exact) mass is 315 g/mol. The molecule has 0 amide bonds. The molecule has 120 valence electrons. The molecule has 0 spiro atoms. The number of pyridine rings is 1. The van der Waals surface area contributed by atoms with Gasteiger partial charge in [-0.2, -0.15) is 0 Å². The van der Waals surface area contributed by atoms with Crippen LogP contribution in [0.15, 0.2) is 72.6 Å². The molecule has 0 bridgehead atoms. The summed E-state index contributed by atoms with van der Waals surface area (Å²) in [5.74, 6) is 0. The van der Waals surface area contributed by atoms with Crippen molar-refractivity contribution < 1.29 is 0 Å². The number of aryl methyl sites for hydroxylation is 1. The van der Waals surface area contributed by atoms with Gasteiger partial charge in [0.25, 0.3) is 0 Å². The molecule has 0 aliphatic heterocycles. The number of hydrogen-bond acceptors (Lipinski definition) is 3. The van der Waals surface area contributed by atoms with E-state index in [-0.39, 0.29) is 0 Å². The topological polar surface area (TPSA) is 48.8 Å². The van der Waals surface area contributed by atoms with E-state index in [0.717, 1.165) is 34.5 Å². The van der Waals surface area contributed by atoms with Crippen LogP contribution >= 0.6 is 0 Å². The van der Waals surface area contributed by atoms with Crippen molar-refractivity contribution >= 4 is 11.3 Å². The Balaban J connectivity index is 2.07. The third kappa shape index (κ3) is 3.35. The largest absolute Gasteiger partial charge is 0.391 e. The van der Waals surface area contributed by atoms with Crippen LogP contribution in [0.3, 0.4) is 0 Å². The summed E-state index contributed by atoms with van der Waals surface area (Å²) in [7, 11) is 0. The van der Waals surface area contributed by atoms with Gasteiger partial charge >= 0.3 is 0 Å². The molecule has 3 heteroatoms. The number of rotatable bonds is 4. The summed E-state index contributed by atoms with van der Waals surface area (Å²) in [6.45, 7) is 4.97. The van der Waals surface area contributed by atoms with Gasteiger partial charge in [-0.1, -0.05) is 35.9 Å². The van der Waals surface area contributed by atoms with E-state index in [4.69, 9.17) is 5.41 Å². The standard InChI is InChI=1S/C21H21N3/c1-3-23-14-18-13-16(9-10-20(18)22)19-8-5-11-24-21(19)17-7-4-6-15(2)12-17/h4-14,22-23H,3H2,1-2H3/b18-14-,22-20?. The molecular formula is C21H21N3. The molecule has 2 N–H and O–H groups in total. The van der Waals surface area contributed by atoms with Crippen molar-refractivity contribution in [1.82, 2.24) is 10.3 Å². The summed E-state index contributed by atoms with van der Waals surface area (Å²) >= 11 is 0. The zero-order valence-corrected chi connectivity index (χ0v) is 14.0. The van der Waals surface area contributed by atoms with Crippen molar-refractivity contribution in [2.24, 2.45) is 0 Å². The smallest absolute Gasteiger partial charge is 0.0780 e. The van der Waals surface area contributed by atoms with Gasteiger partial charge in [-0.3, -0.25) is 4.98 Å². The van der Waals surface area contributed by atoms with Gasteiger partial charge in [0.05, 0.1) is 11.4 Å². The van der Waals surface area contributed by atoms with E-state index in [1.54, 1.807) is 0 Å². The first-order chi connectivity index (χ1) is 11.7. The Hall–Kier alpha value is -2.94. The van der Waals surface area contributed by atoms with Crippen molar-refractivity contribution in [3.63, 3.8) is 0 Å². The summed E-state index contributed by atoms with van der Waals surface area (Å²) in [5.41, 5.74) is 6.83. The summed E-state index contributed by atoms with van der Waals surface area (Å²) in [4.78, 5) is 4.61. The number of benzene rings is 1. The molecule has 3 nitrogen and oxygen atoms in total. The van der Waals surface area contributed by atoms with E-state index in [1.165, 1.54) is 5.56 Å². The van der Waals surface area contributed by atoms with Crippen LogP contribution in [0.5, 0.6) is 0 Å². The van der Waals surface area contributed by atoms with E-state index in [9.17, 15) is 0 Å². The Morgan fingerprint density at radius 3 is 2.83 bits per heavy atom. The fraction of sp³-hybridized carbons (Fsp3) is 0.143. The van der Waals surface area contributed by atoms with Crippen LogP contribution in [0.1, 0.15) is 18.1 Å². The quantitative estimate of drug-likeness (QED) is 0.871. The average Bonchev–Trinajstić information content (AvgIpc) is 2.61. The number of allylic oxidation sites excluding steroid dienone is 5. The van der Waals surface area contributed by atoms with Gasteiger partial charge < -0.3 is 10.7 Å². The lowest BCUT2D eigenvalue weighted by molar-refractivity contribution is 0.916. The number of nitrogens with one attached hydrogen (secondary N) is 2. The summed E-state index contributed by atoms with van der Waals surface area (Å²) in [6.07, 6.45) is 9.59. The second-order valence-corrected chi connectivity index (χ2v) is 5.77. The van der Waals surface area contributed by atoms with Crippen LogP contribution in [-0.4, -0.2) is 17.2 Å². The molecule has 1 aliphatic carbocycles. The highest BCUT2D eigenvalue weighted by atomic mass is 14.8. The van der Waals surface area contributed by atoms with Crippen molar-refractivity contribution in [1.29, 1.82) is 5.41 Å². The van der Waals surface area contributed by atoms with Gasteiger partial charge in [-0.15, -0.1) is 0 Å². The SMILES string of the molecule is CCN/C=C1/C=C(c2cccnc2-c2cccc(C)c2)C=CC1=N. The molecule has 0 atom stereocenters. The molecular weight excluding hydrogens is 294 g/mol. The Morgan fingerprint density at radius 1 is 1.17 bits per heavy atom. The molecule has 0 radical (unpaired) electrons. The van der Waals surface area contributed by atoms with Crippen LogP contribution in [0, 0.1) is 12.3 Å². The second kappa shape index (κ2) is 7.09. The lowest BCUT2D eigenvalue weighted by Gasteiger charge is -2.14. The highest BCUT2D eigenvalue weighted by Crippen LogP contribution is 2.30. The Bertz CT molecular complexity index is 857. The van der Waals surface area contributed by atoms with E-state index in [1.807, 2.05) is 43.6 Å². The van der Waals surface area contributed by atoms with E-state index >= 15 is 0 Å². The predicted molar refractivity (Wildman–Crippen MR) is 101 cm³/mol. The van der Waals surface area contributed by atoms with Crippen LogP contribution in [0.2, 0.25) is 0 Å². The van der Waals surface area contributed by atoms with E-state index < -0.39 is 0 Å². The zero-order chi connectivity index (χ0) is 16.9. The first-order valence-corrected chi connectivity index (χ1v) is 8.13. The molecule has 1 aliphatic rings. The van der Waals surface area contributed by atoms with Gasteiger partial charge in [0.1, 0.15) is 0 Å². The fourth-order valence-electron chi connectivity index (χ4n) is 2.72. The van der Waals surface area contributed by atoms with E-state index in [2.05, 4.69) is 47.6 Å². The summed E-state index contributed by atoms with van der Waals surface area (Å²) in [6, 6.07) is 12.4. The van der Waals surface area contributed by atoms with Crippen LogP contribution in [-0.2, 0) is 0 Å². The van der Waals surface area contributed by atoms with Crippen LogP contribution < -0.4 is 5.32 Å².